The van der Waals surface area contributed by atoms with Crippen LogP contribution in [0.4, 0.5) is 0 Å². The first kappa shape index (κ1) is 14.9. The summed E-state index contributed by atoms with van der Waals surface area (Å²) in [4.78, 5) is 14.4. The largest absolute Gasteiger partial charge is 0.339 e. The predicted octanol–water partition coefficient (Wildman–Crippen LogP) is 5.07. The average molecular weight is 340 g/mol. The molecule has 1 aliphatic rings. The normalized spacial score (nSPS) is 16.2. The van der Waals surface area contributed by atoms with Crippen LogP contribution in [0.1, 0.15) is 34.7 Å². The fourth-order valence-corrected chi connectivity index (χ4v) is 3.78. The van der Waals surface area contributed by atoms with Gasteiger partial charge in [0.25, 0.3) is 5.91 Å². The molecule has 1 aromatic heterocycles. The van der Waals surface area contributed by atoms with E-state index in [0.29, 0.717) is 21.5 Å². The quantitative estimate of drug-likeness (QED) is 0.747. The molecule has 0 spiro atoms. The predicted molar refractivity (Wildman–Crippen MR) is 88.7 cm³/mol. The molecule has 0 saturated carbocycles. The molecular weight excluding hydrogens is 325 g/mol. The molecular formula is C16H15Cl2NOS. The summed E-state index contributed by atoms with van der Waals surface area (Å²) in [6.07, 6.45) is 2.04. The van der Waals surface area contributed by atoms with Crippen molar-refractivity contribution in [2.75, 3.05) is 13.1 Å². The van der Waals surface area contributed by atoms with Crippen LogP contribution >= 0.6 is 34.5 Å². The second kappa shape index (κ2) is 6.39. The maximum atomic E-state index is 12.5. The maximum Gasteiger partial charge on any atom is 0.253 e. The molecule has 1 amide bonds. The van der Waals surface area contributed by atoms with Gasteiger partial charge in [0.05, 0.1) is 10.0 Å². The van der Waals surface area contributed by atoms with Gasteiger partial charge < -0.3 is 4.90 Å². The van der Waals surface area contributed by atoms with Crippen LogP contribution in [0.15, 0.2) is 35.0 Å². The summed E-state index contributed by atoms with van der Waals surface area (Å²) in [7, 11) is 0. The van der Waals surface area contributed by atoms with Crippen LogP contribution in [0.3, 0.4) is 0 Å². The second-order valence-electron chi connectivity index (χ2n) is 5.25. The summed E-state index contributed by atoms with van der Waals surface area (Å²) in [5.41, 5.74) is 2.01. The Morgan fingerprint density at radius 3 is 2.52 bits per heavy atom. The first-order valence-electron chi connectivity index (χ1n) is 6.91. The fourth-order valence-electron chi connectivity index (χ4n) is 2.73. The van der Waals surface area contributed by atoms with Crippen molar-refractivity contribution in [3.05, 3.63) is 56.2 Å². The summed E-state index contributed by atoms with van der Waals surface area (Å²) in [6, 6.07) is 7.25. The lowest BCUT2D eigenvalue weighted by atomic mass is 9.91. The van der Waals surface area contributed by atoms with Crippen LogP contribution in [-0.4, -0.2) is 23.9 Å². The first-order valence-corrected chi connectivity index (χ1v) is 8.61. The minimum absolute atomic E-state index is 0.0392. The highest BCUT2D eigenvalue weighted by Crippen LogP contribution is 2.30. The Morgan fingerprint density at radius 2 is 1.90 bits per heavy atom. The Balaban J connectivity index is 1.66. The number of amides is 1. The lowest BCUT2D eigenvalue weighted by Crippen LogP contribution is -2.37. The number of piperidine rings is 1. The lowest BCUT2D eigenvalue weighted by Gasteiger charge is -2.32. The number of nitrogens with zero attached hydrogens (tertiary/aromatic N) is 1. The van der Waals surface area contributed by atoms with Gasteiger partial charge in [0, 0.05) is 18.7 Å². The van der Waals surface area contributed by atoms with Gasteiger partial charge in [0.2, 0.25) is 0 Å². The van der Waals surface area contributed by atoms with Gasteiger partial charge in [-0.25, -0.2) is 0 Å². The molecule has 1 aliphatic heterocycles. The van der Waals surface area contributed by atoms with Crippen molar-refractivity contribution in [2.24, 2.45) is 0 Å². The van der Waals surface area contributed by atoms with Gasteiger partial charge in [-0.3, -0.25) is 4.79 Å². The Kier molecular flexibility index (Phi) is 4.53. The summed E-state index contributed by atoms with van der Waals surface area (Å²) < 4.78 is 0. The summed E-state index contributed by atoms with van der Waals surface area (Å²) in [6.45, 7) is 1.58. The van der Waals surface area contributed by atoms with Gasteiger partial charge >= 0.3 is 0 Å². The molecule has 110 valence electrons. The highest BCUT2D eigenvalue weighted by Gasteiger charge is 2.24. The van der Waals surface area contributed by atoms with Gasteiger partial charge in [0.15, 0.2) is 0 Å². The van der Waals surface area contributed by atoms with Crippen molar-refractivity contribution in [1.29, 1.82) is 0 Å². The number of thiophene rings is 1. The molecule has 0 aliphatic carbocycles. The molecule has 0 N–H and O–H groups in total. The minimum Gasteiger partial charge on any atom is -0.339 e. The SMILES string of the molecule is O=C(c1ccc(Cl)c(Cl)c1)N1CCC(c2ccsc2)CC1. The smallest absolute Gasteiger partial charge is 0.253 e. The number of benzene rings is 1. The van der Waals surface area contributed by atoms with E-state index in [1.807, 2.05) is 4.90 Å². The zero-order valence-corrected chi connectivity index (χ0v) is 13.7. The highest BCUT2D eigenvalue weighted by molar-refractivity contribution is 7.07. The van der Waals surface area contributed by atoms with Gasteiger partial charge in [-0.15, -0.1) is 0 Å². The summed E-state index contributed by atoms with van der Waals surface area (Å²) in [5.74, 6) is 0.617. The maximum absolute atomic E-state index is 12.5. The summed E-state index contributed by atoms with van der Waals surface area (Å²) >= 11 is 13.6. The zero-order valence-electron chi connectivity index (χ0n) is 11.4. The Morgan fingerprint density at radius 1 is 1.14 bits per heavy atom. The number of carbonyl (C=O) groups is 1. The highest BCUT2D eigenvalue weighted by atomic mass is 35.5. The number of carbonyl (C=O) groups excluding carboxylic acids is 1. The van der Waals surface area contributed by atoms with Crippen molar-refractivity contribution in [3.63, 3.8) is 0 Å². The van der Waals surface area contributed by atoms with E-state index < -0.39 is 0 Å². The molecule has 2 heterocycles. The number of rotatable bonds is 2. The van der Waals surface area contributed by atoms with E-state index in [2.05, 4.69) is 16.8 Å². The summed E-state index contributed by atoms with van der Waals surface area (Å²) in [5, 5.41) is 5.23. The van der Waals surface area contributed by atoms with Crippen molar-refractivity contribution in [1.82, 2.24) is 4.90 Å². The van der Waals surface area contributed by atoms with Crippen molar-refractivity contribution in [2.45, 2.75) is 18.8 Å². The molecule has 1 saturated heterocycles. The van der Waals surface area contributed by atoms with E-state index in [1.54, 1.807) is 29.5 Å². The van der Waals surface area contributed by atoms with Crippen molar-refractivity contribution < 1.29 is 4.79 Å². The number of halogens is 2. The van der Waals surface area contributed by atoms with Gasteiger partial charge in [-0.1, -0.05) is 23.2 Å². The first-order chi connectivity index (χ1) is 10.1. The third-order valence-electron chi connectivity index (χ3n) is 3.96. The molecule has 5 heteroatoms. The van der Waals surface area contributed by atoms with Crippen LogP contribution in [-0.2, 0) is 0 Å². The molecule has 0 atom stereocenters. The van der Waals surface area contributed by atoms with E-state index in [0.717, 1.165) is 25.9 Å². The van der Waals surface area contributed by atoms with Crippen molar-refractivity contribution in [3.8, 4) is 0 Å². The Hall–Kier alpha value is -1.03. The standard InChI is InChI=1S/C16H15Cl2NOS/c17-14-2-1-12(9-15(14)18)16(20)19-6-3-11(4-7-19)13-5-8-21-10-13/h1-2,5,8-11H,3-4,6-7H2. The molecule has 3 rings (SSSR count). The molecule has 0 bridgehead atoms. The van der Waals surface area contributed by atoms with E-state index >= 15 is 0 Å². The van der Waals surface area contributed by atoms with Gasteiger partial charge in [0.1, 0.15) is 0 Å². The van der Waals surface area contributed by atoms with Gasteiger partial charge in [-0.05, 0) is 59.3 Å². The zero-order chi connectivity index (χ0) is 14.8. The average Bonchev–Trinajstić information content (AvgIpc) is 3.04. The van der Waals surface area contributed by atoms with Crippen molar-refractivity contribution >= 4 is 40.4 Å². The lowest BCUT2D eigenvalue weighted by molar-refractivity contribution is 0.0713. The van der Waals surface area contributed by atoms with Crippen LogP contribution in [0.2, 0.25) is 10.0 Å². The van der Waals surface area contributed by atoms with Gasteiger partial charge in [-0.2, -0.15) is 11.3 Å². The molecule has 0 radical (unpaired) electrons. The van der Waals surface area contributed by atoms with Crippen LogP contribution in [0, 0.1) is 0 Å². The van der Waals surface area contributed by atoms with Crippen LogP contribution < -0.4 is 0 Å². The van der Waals surface area contributed by atoms with E-state index in [4.69, 9.17) is 23.2 Å². The molecule has 21 heavy (non-hydrogen) atoms. The topological polar surface area (TPSA) is 20.3 Å². The van der Waals surface area contributed by atoms with E-state index in [1.165, 1.54) is 5.56 Å². The molecule has 2 aromatic rings. The number of likely N-dealkylation sites (tertiary alicyclic amines) is 1. The molecule has 1 fully saturated rings. The fraction of sp³-hybridized carbons (Fsp3) is 0.312. The monoisotopic (exact) mass is 339 g/mol. The second-order valence-corrected chi connectivity index (χ2v) is 6.85. The van der Waals surface area contributed by atoms with E-state index in [9.17, 15) is 4.79 Å². The number of hydrogen-bond acceptors (Lipinski definition) is 2. The molecule has 1 aromatic carbocycles. The third kappa shape index (κ3) is 3.25. The molecule has 0 unspecified atom stereocenters. The van der Waals surface area contributed by atoms with Crippen LogP contribution in [0.5, 0.6) is 0 Å². The van der Waals surface area contributed by atoms with E-state index in [-0.39, 0.29) is 5.91 Å². The Bertz CT molecular complexity index is 634. The minimum atomic E-state index is 0.0392. The molecule has 2 nitrogen and oxygen atoms in total. The van der Waals surface area contributed by atoms with Crippen LogP contribution in [0.25, 0.3) is 0 Å². The number of hydrogen-bond donors (Lipinski definition) is 0. The third-order valence-corrected chi connectivity index (χ3v) is 5.40. The Labute approximate surface area is 138 Å².